The number of rotatable bonds is 6. The average molecular weight is 365 g/mol. The highest BCUT2D eigenvalue weighted by atomic mass is 32.2. The molecule has 2 aromatic carbocycles. The van der Waals surface area contributed by atoms with Crippen molar-refractivity contribution in [3.05, 3.63) is 63.7 Å². The van der Waals surface area contributed by atoms with Gasteiger partial charge in [0.15, 0.2) is 0 Å². The third kappa shape index (κ3) is 4.54. The lowest BCUT2D eigenvalue weighted by molar-refractivity contribution is -0.385. The summed E-state index contributed by atoms with van der Waals surface area (Å²) >= 11 is 0. The number of nitrogens with zero attached hydrogens (tertiary/aromatic N) is 1. The summed E-state index contributed by atoms with van der Waals surface area (Å²) in [5.41, 5.74) is 0.609. The van der Waals surface area contributed by atoms with E-state index < -0.39 is 21.0 Å². The van der Waals surface area contributed by atoms with Gasteiger partial charge >= 0.3 is 16.1 Å². The van der Waals surface area contributed by atoms with Crippen LogP contribution in [0.5, 0.6) is 5.75 Å². The van der Waals surface area contributed by atoms with Crippen molar-refractivity contribution in [3.63, 3.8) is 0 Å². The number of hydrogen-bond donors (Lipinski definition) is 0. The number of non-ortho nitro benzene ring substituents is 1. The summed E-state index contributed by atoms with van der Waals surface area (Å²) in [7, 11) is -2.97. The minimum Gasteiger partial charge on any atom is -0.469 e. The summed E-state index contributed by atoms with van der Waals surface area (Å²) in [6, 6.07) is 9.36. The SMILES string of the molecule is COC(=O)Cc1ccc(OS(=O)(=O)c2cc([N+](=O)[O-])ccc2C)cc1. The maximum Gasteiger partial charge on any atom is 0.339 e. The van der Waals surface area contributed by atoms with Crippen LogP contribution in [0.15, 0.2) is 47.4 Å². The van der Waals surface area contributed by atoms with Crippen LogP contribution in [0, 0.1) is 17.0 Å². The Hall–Kier alpha value is -2.94. The van der Waals surface area contributed by atoms with E-state index in [9.17, 15) is 23.3 Å². The van der Waals surface area contributed by atoms with Crippen molar-refractivity contribution in [3.8, 4) is 5.75 Å². The van der Waals surface area contributed by atoms with Gasteiger partial charge in [-0.1, -0.05) is 18.2 Å². The predicted molar refractivity (Wildman–Crippen MR) is 87.8 cm³/mol. The van der Waals surface area contributed by atoms with Crippen LogP contribution in [-0.4, -0.2) is 26.4 Å². The van der Waals surface area contributed by atoms with Crippen LogP contribution in [0.2, 0.25) is 0 Å². The molecule has 0 amide bonds. The lowest BCUT2D eigenvalue weighted by Gasteiger charge is -2.09. The van der Waals surface area contributed by atoms with Crippen molar-refractivity contribution in [1.82, 2.24) is 0 Å². The van der Waals surface area contributed by atoms with E-state index >= 15 is 0 Å². The first-order chi connectivity index (χ1) is 11.7. The van der Waals surface area contributed by atoms with Crippen LogP contribution in [0.3, 0.4) is 0 Å². The summed E-state index contributed by atoms with van der Waals surface area (Å²) in [6.45, 7) is 1.51. The van der Waals surface area contributed by atoms with Crippen LogP contribution in [-0.2, 0) is 26.1 Å². The monoisotopic (exact) mass is 365 g/mol. The zero-order valence-electron chi connectivity index (χ0n) is 13.5. The van der Waals surface area contributed by atoms with Crippen LogP contribution < -0.4 is 4.18 Å². The van der Waals surface area contributed by atoms with Crippen LogP contribution >= 0.6 is 0 Å². The van der Waals surface area contributed by atoms with Crippen molar-refractivity contribution < 1.29 is 27.1 Å². The fourth-order valence-corrected chi connectivity index (χ4v) is 3.23. The second-order valence-corrected chi connectivity index (χ2v) is 6.66. The minimum atomic E-state index is -4.24. The van der Waals surface area contributed by atoms with Gasteiger partial charge in [0.05, 0.1) is 18.5 Å². The fourth-order valence-electron chi connectivity index (χ4n) is 2.04. The van der Waals surface area contributed by atoms with Crippen LogP contribution in [0.4, 0.5) is 5.69 Å². The molecule has 8 nitrogen and oxygen atoms in total. The predicted octanol–water partition coefficient (Wildman–Crippen LogP) is 2.39. The Balaban J connectivity index is 2.25. The topological polar surface area (TPSA) is 113 Å². The number of ether oxygens (including phenoxy) is 1. The van der Waals surface area contributed by atoms with Crippen LogP contribution in [0.1, 0.15) is 11.1 Å². The van der Waals surface area contributed by atoms with E-state index in [1.54, 1.807) is 0 Å². The van der Waals surface area contributed by atoms with Crippen molar-refractivity contribution in [2.24, 2.45) is 0 Å². The zero-order valence-corrected chi connectivity index (χ0v) is 14.3. The molecule has 25 heavy (non-hydrogen) atoms. The molecule has 0 N–H and O–H groups in total. The molecule has 132 valence electrons. The molecule has 0 aliphatic carbocycles. The summed E-state index contributed by atoms with van der Waals surface area (Å²) in [5.74, 6) is -0.395. The third-order valence-corrected chi connectivity index (χ3v) is 4.75. The van der Waals surface area contributed by atoms with Gasteiger partial charge in [-0.25, -0.2) is 0 Å². The van der Waals surface area contributed by atoms with Gasteiger partial charge < -0.3 is 8.92 Å². The Bertz CT molecular complexity index is 905. The molecule has 0 bridgehead atoms. The molecular formula is C16H15NO7S. The van der Waals surface area contributed by atoms with Crippen molar-refractivity contribution in [2.75, 3.05) is 7.11 Å². The standard InChI is InChI=1S/C16H15NO7S/c1-11-3-6-13(17(19)20)10-15(11)25(21,22)24-14-7-4-12(5-8-14)9-16(18)23-2/h3-8,10H,9H2,1-2H3. The van der Waals surface area contributed by atoms with Crippen LogP contribution in [0.25, 0.3) is 0 Å². The van der Waals surface area contributed by atoms with Gasteiger partial charge in [-0.15, -0.1) is 0 Å². The smallest absolute Gasteiger partial charge is 0.339 e. The largest absolute Gasteiger partial charge is 0.469 e. The van der Waals surface area contributed by atoms with Gasteiger partial charge in [0.1, 0.15) is 10.6 Å². The van der Waals surface area contributed by atoms with Gasteiger partial charge in [-0.05, 0) is 30.2 Å². The molecule has 2 aromatic rings. The van der Waals surface area contributed by atoms with Gasteiger partial charge in [0, 0.05) is 12.1 Å². The highest BCUT2D eigenvalue weighted by Gasteiger charge is 2.22. The Labute approximate surface area is 144 Å². The number of carbonyl (C=O) groups is 1. The maximum absolute atomic E-state index is 12.4. The number of nitro benzene ring substituents is 1. The second-order valence-electron chi connectivity index (χ2n) is 5.14. The summed E-state index contributed by atoms with van der Waals surface area (Å²) in [6.07, 6.45) is 0.0491. The number of methoxy groups -OCH3 is 1. The Morgan fingerprint density at radius 2 is 1.80 bits per heavy atom. The molecule has 0 fully saturated rings. The van der Waals surface area contributed by atoms with Gasteiger partial charge in [-0.2, -0.15) is 8.42 Å². The molecule has 0 unspecified atom stereocenters. The number of hydrogen-bond acceptors (Lipinski definition) is 7. The van der Waals surface area contributed by atoms with Crippen molar-refractivity contribution in [2.45, 2.75) is 18.2 Å². The fraction of sp³-hybridized carbons (Fsp3) is 0.188. The lowest BCUT2D eigenvalue weighted by atomic mass is 10.1. The number of benzene rings is 2. The lowest BCUT2D eigenvalue weighted by Crippen LogP contribution is -2.12. The molecule has 0 radical (unpaired) electrons. The number of esters is 1. The van der Waals surface area contributed by atoms with E-state index in [1.165, 1.54) is 50.4 Å². The zero-order chi connectivity index (χ0) is 18.6. The Morgan fingerprint density at radius 3 is 2.36 bits per heavy atom. The van der Waals surface area contributed by atoms with E-state index in [4.69, 9.17) is 4.18 Å². The summed E-state index contributed by atoms with van der Waals surface area (Å²) in [4.78, 5) is 21.1. The Kier molecular flexibility index (Phi) is 5.38. The molecule has 0 saturated carbocycles. The summed E-state index contributed by atoms with van der Waals surface area (Å²) < 4.78 is 34.3. The normalized spacial score (nSPS) is 11.0. The molecule has 2 rings (SSSR count). The highest BCUT2D eigenvalue weighted by Crippen LogP contribution is 2.25. The maximum atomic E-state index is 12.4. The van der Waals surface area contributed by atoms with Gasteiger partial charge in [-0.3, -0.25) is 14.9 Å². The Morgan fingerprint density at radius 1 is 1.16 bits per heavy atom. The molecule has 0 atom stereocenters. The molecule has 0 saturated heterocycles. The number of aryl methyl sites for hydroxylation is 1. The summed E-state index contributed by atoms with van der Waals surface area (Å²) in [5, 5.41) is 10.8. The molecule has 0 spiro atoms. The van der Waals surface area contributed by atoms with E-state index in [1.807, 2.05) is 0 Å². The molecule has 0 aliphatic heterocycles. The average Bonchev–Trinajstić information content (AvgIpc) is 2.56. The quantitative estimate of drug-likeness (QED) is 0.334. The molecule has 0 aromatic heterocycles. The van der Waals surface area contributed by atoms with E-state index in [0.29, 0.717) is 11.1 Å². The van der Waals surface area contributed by atoms with E-state index in [-0.39, 0.29) is 22.8 Å². The van der Waals surface area contributed by atoms with Crippen molar-refractivity contribution in [1.29, 1.82) is 0 Å². The first-order valence-corrected chi connectivity index (χ1v) is 8.49. The number of carbonyl (C=O) groups excluding carboxylic acids is 1. The first-order valence-electron chi connectivity index (χ1n) is 7.08. The molecule has 0 aliphatic rings. The van der Waals surface area contributed by atoms with Crippen molar-refractivity contribution >= 4 is 21.8 Å². The van der Waals surface area contributed by atoms with E-state index in [0.717, 1.165) is 6.07 Å². The molecular weight excluding hydrogens is 350 g/mol. The first kappa shape index (κ1) is 18.4. The highest BCUT2D eigenvalue weighted by molar-refractivity contribution is 7.87. The second kappa shape index (κ2) is 7.31. The molecule has 0 heterocycles. The van der Waals surface area contributed by atoms with E-state index in [2.05, 4.69) is 4.74 Å². The van der Waals surface area contributed by atoms with Gasteiger partial charge in [0.25, 0.3) is 5.69 Å². The van der Waals surface area contributed by atoms with Gasteiger partial charge in [0.2, 0.25) is 0 Å². The molecule has 9 heteroatoms. The third-order valence-electron chi connectivity index (χ3n) is 3.36. The minimum absolute atomic E-state index is 0.0273. The number of nitro groups is 1.